The number of carbonyl (C=O) groups excluding carboxylic acids is 2. The number of piperazine rings is 1. The van der Waals surface area contributed by atoms with Gasteiger partial charge in [0.25, 0.3) is 5.91 Å². The predicted molar refractivity (Wildman–Crippen MR) is 124 cm³/mol. The smallest absolute Gasteiger partial charge is 0.254 e. The monoisotopic (exact) mass is 499 g/mol. The minimum Gasteiger partial charge on any atom is -0.380 e. The van der Waals surface area contributed by atoms with Crippen molar-refractivity contribution in [1.29, 1.82) is 0 Å². The summed E-state index contributed by atoms with van der Waals surface area (Å²) in [5.74, 6) is -0.0841. The van der Waals surface area contributed by atoms with Crippen molar-refractivity contribution in [1.82, 2.24) is 14.1 Å². The Labute approximate surface area is 201 Å². The van der Waals surface area contributed by atoms with Gasteiger partial charge in [0.1, 0.15) is 11.8 Å². The Morgan fingerprint density at radius 2 is 1.53 bits per heavy atom. The van der Waals surface area contributed by atoms with Gasteiger partial charge >= 0.3 is 0 Å². The van der Waals surface area contributed by atoms with Crippen molar-refractivity contribution >= 4 is 21.8 Å². The molecule has 34 heavy (non-hydrogen) atoms. The normalized spacial score (nSPS) is 38.4. The lowest BCUT2D eigenvalue weighted by Gasteiger charge is -2.43. The molecule has 2 aliphatic heterocycles. The van der Waals surface area contributed by atoms with Crippen molar-refractivity contribution < 1.29 is 27.5 Å². The first-order valence-electron chi connectivity index (χ1n) is 13.0. The van der Waals surface area contributed by atoms with Gasteiger partial charge < -0.3 is 14.9 Å². The number of rotatable bonds is 4. The summed E-state index contributed by atoms with van der Waals surface area (Å²) in [5, 5.41) is 10.0. The van der Waals surface area contributed by atoms with Crippen molar-refractivity contribution in [3.8, 4) is 0 Å². The number of hydrogen-bond donors (Lipinski definition) is 1. The van der Waals surface area contributed by atoms with Crippen molar-refractivity contribution in [3.63, 3.8) is 0 Å². The summed E-state index contributed by atoms with van der Waals surface area (Å²) >= 11 is 0. The predicted octanol–water partition coefficient (Wildman–Crippen LogP) is 1.39. The number of hydrogen-bond acceptors (Lipinski definition) is 5. The minimum atomic E-state index is -3.24. The van der Waals surface area contributed by atoms with Crippen LogP contribution in [0.15, 0.2) is 0 Å². The van der Waals surface area contributed by atoms with Gasteiger partial charge in [0.15, 0.2) is 0 Å². The maximum atomic E-state index is 15.4. The Bertz CT molecular complexity index is 918. The lowest BCUT2D eigenvalue weighted by atomic mass is 9.67. The summed E-state index contributed by atoms with van der Waals surface area (Å²) in [6.45, 7) is 2.29. The van der Waals surface area contributed by atoms with Gasteiger partial charge in [0.2, 0.25) is 15.9 Å². The van der Waals surface area contributed by atoms with Crippen LogP contribution >= 0.6 is 0 Å². The highest BCUT2D eigenvalue weighted by molar-refractivity contribution is 7.88. The number of amides is 2. The molecule has 0 aromatic heterocycles. The second-order valence-electron chi connectivity index (χ2n) is 11.4. The van der Waals surface area contributed by atoms with Crippen LogP contribution in [0, 0.1) is 23.7 Å². The summed E-state index contributed by atoms with van der Waals surface area (Å²) in [6, 6.07) is 0.00742. The van der Waals surface area contributed by atoms with Crippen LogP contribution in [0.1, 0.15) is 57.8 Å². The number of nitrogens with zero attached hydrogens (tertiary/aromatic N) is 3. The summed E-state index contributed by atoms with van der Waals surface area (Å²) in [4.78, 5) is 28.8. The van der Waals surface area contributed by atoms with Gasteiger partial charge in [-0.1, -0.05) is 0 Å². The molecule has 2 amide bonds. The molecule has 0 bridgehead atoms. The zero-order chi connectivity index (χ0) is 24.3. The molecule has 2 saturated heterocycles. The molecule has 0 aromatic carbocycles. The zero-order valence-electron chi connectivity index (χ0n) is 20.1. The van der Waals surface area contributed by atoms with Crippen LogP contribution in [-0.2, 0) is 19.6 Å². The highest BCUT2D eigenvalue weighted by Gasteiger charge is 2.51. The second-order valence-corrected chi connectivity index (χ2v) is 13.3. The van der Waals surface area contributed by atoms with Gasteiger partial charge in [-0.15, -0.1) is 0 Å². The van der Waals surface area contributed by atoms with Crippen molar-refractivity contribution in [3.05, 3.63) is 0 Å². The topological polar surface area (TPSA) is 98.2 Å². The average molecular weight is 500 g/mol. The number of carbonyl (C=O) groups is 2. The molecule has 5 fully saturated rings. The molecule has 3 saturated carbocycles. The standard InChI is InChI=1S/C24H38FN3O5S/c1-34(32,33)28-9-6-16-2-3-17(15-21(16)28)19-5-4-18(14-20(19)25)22(29)26-10-12-27(13-11-26)23(30)24(31)7-8-24/h16-21,31H,2-15H2,1H3. The Hall–Kier alpha value is -1.26. The number of alkyl halides is 1. The molecule has 0 aromatic rings. The summed E-state index contributed by atoms with van der Waals surface area (Å²) < 4.78 is 41.4. The lowest BCUT2D eigenvalue weighted by Crippen LogP contribution is -2.55. The fourth-order valence-corrected chi connectivity index (χ4v) is 8.29. The van der Waals surface area contributed by atoms with E-state index in [0.717, 1.165) is 25.7 Å². The zero-order valence-corrected chi connectivity index (χ0v) is 20.9. The van der Waals surface area contributed by atoms with E-state index >= 15 is 4.39 Å². The molecule has 8 nitrogen and oxygen atoms in total. The molecule has 5 aliphatic rings. The van der Waals surface area contributed by atoms with E-state index < -0.39 is 21.8 Å². The van der Waals surface area contributed by atoms with Crippen LogP contribution in [0.5, 0.6) is 0 Å². The van der Waals surface area contributed by atoms with Gasteiger partial charge in [-0.3, -0.25) is 9.59 Å². The number of halogens is 1. The summed E-state index contributed by atoms with van der Waals surface area (Å²) in [6.07, 6.45) is 6.40. The van der Waals surface area contributed by atoms with E-state index in [9.17, 15) is 23.1 Å². The summed E-state index contributed by atoms with van der Waals surface area (Å²) in [5.41, 5.74) is -1.18. The van der Waals surface area contributed by atoms with Gasteiger partial charge in [-0.2, -0.15) is 4.31 Å². The second kappa shape index (κ2) is 9.00. The molecule has 6 unspecified atom stereocenters. The maximum Gasteiger partial charge on any atom is 0.254 e. The van der Waals surface area contributed by atoms with Crippen LogP contribution < -0.4 is 0 Å². The highest BCUT2D eigenvalue weighted by atomic mass is 32.2. The SMILES string of the molecule is CS(=O)(=O)N1CCC2CCC(C3CCC(C(=O)N4CCN(C(=O)C5(O)CC5)CC4)CC3F)CC21. The Morgan fingerprint density at radius 3 is 2.15 bits per heavy atom. The lowest BCUT2D eigenvalue weighted by molar-refractivity contribution is -0.149. The van der Waals surface area contributed by atoms with E-state index in [1.165, 1.54) is 6.26 Å². The third-order valence-corrected chi connectivity index (χ3v) is 10.6. The minimum absolute atomic E-state index is 0.00742. The molecule has 0 spiro atoms. The van der Waals surface area contributed by atoms with E-state index in [1.54, 1.807) is 14.1 Å². The fourth-order valence-electron chi connectivity index (χ4n) is 7.10. The third-order valence-electron chi connectivity index (χ3n) is 9.29. The van der Waals surface area contributed by atoms with E-state index in [4.69, 9.17) is 0 Å². The first kappa shape index (κ1) is 24.4. The molecule has 10 heteroatoms. The summed E-state index contributed by atoms with van der Waals surface area (Å²) in [7, 11) is -3.24. The van der Waals surface area contributed by atoms with Crippen LogP contribution in [0.4, 0.5) is 4.39 Å². The molecule has 5 rings (SSSR count). The van der Waals surface area contributed by atoms with E-state index in [1.807, 2.05) is 0 Å². The molecular weight excluding hydrogens is 461 g/mol. The van der Waals surface area contributed by atoms with Crippen LogP contribution in [-0.4, -0.2) is 96.2 Å². The Morgan fingerprint density at radius 1 is 0.882 bits per heavy atom. The number of fused-ring (bicyclic) bond motifs is 1. The van der Waals surface area contributed by atoms with E-state index in [-0.39, 0.29) is 42.0 Å². The van der Waals surface area contributed by atoms with Crippen LogP contribution in [0.3, 0.4) is 0 Å². The fraction of sp³-hybridized carbons (Fsp3) is 0.917. The maximum absolute atomic E-state index is 15.4. The number of aliphatic hydroxyl groups is 1. The first-order valence-corrected chi connectivity index (χ1v) is 14.8. The van der Waals surface area contributed by atoms with Crippen molar-refractivity contribution in [2.24, 2.45) is 23.7 Å². The number of sulfonamides is 1. The van der Waals surface area contributed by atoms with Gasteiger partial charge in [0, 0.05) is 44.7 Å². The third kappa shape index (κ3) is 4.62. The van der Waals surface area contributed by atoms with Gasteiger partial charge in [-0.25, -0.2) is 12.8 Å². The van der Waals surface area contributed by atoms with Gasteiger partial charge in [-0.05, 0) is 75.5 Å². The quantitative estimate of drug-likeness (QED) is 0.630. The highest BCUT2D eigenvalue weighted by Crippen LogP contribution is 2.47. The van der Waals surface area contributed by atoms with Crippen molar-refractivity contribution in [2.75, 3.05) is 39.0 Å². The average Bonchev–Trinajstić information content (AvgIpc) is 3.41. The van der Waals surface area contributed by atoms with Crippen molar-refractivity contribution in [2.45, 2.75) is 75.6 Å². The molecule has 0 radical (unpaired) electrons. The molecule has 192 valence electrons. The van der Waals surface area contributed by atoms with Crippen LogP contribution in [0.25, 0.3) is 0 Å². The van der Waals surface area contributed by atoms with Gasteiger partial charge in [0.05, 0.1) is 6.26 Å². The Kier molecular flexibility index (Phi) is 6.47. The van der Waals surface area contributed by atoms with E-state index in [2.05, 4.69) is 0 Å². The molecule has 3 aliphatic carbocycles. The molecule has 1 N–H and O–H groups in total. The first-order chi connectivity index (χ1) is 16.1. The molecule has 2 heterocycles. The Balaban J connectivity index is 1.13. The largest absolute Gasteiger partial charge is 0.380 e. The molecule has 6 atom stereocenters. The molecular formula is C24H38FN3O5S. The van der Waals surface area contributed by atoms with Crippen LogP contribution in [0.2, 0.25) is 0 Å². The van der Waals surface area contributed by atoms with E-state index in [0.29, 0.717) is 64.3 Å².